The highest BCUT2D eigenvalue weighted by Gasteiger charge is 2.21. The number of para-hydroxylation sites is 1. The number of sulfonamides is 1. The van der Waals surface area contributed by atoms with Gasteiger partial charge in [-0.15, -0.1) is 0 Å². The van der Waals surface area contributed by atoms with Gasteiger partial charge in [0.2, 0.25) is 5.16 Å². The highest BCUT2D eigenvalue weighted by atomic mass is 32.2. The molecule has 0 saturated heterocycles. The molecule has 22 heavy (non-hydrogen) atoms. The van der Waals surface area contributed by atoms with Crippen LogP contribution < -0.4 is 4.72 Å². The minimum atomic E-state index is -3.76. The molecular weight excluding hydrogens is 300 g/mol. The van der Waals surface area contributed by atoms with Gasteiger partial charge in [-0.1, -0.05) is 12.1 Å². The SMILES string of the molecule is CCn1ccnc1S(=O)(=O)Nc1cccc2c(C)ccnc12. The fourth-order valence-electron chi connectivity index (χ4n) is 2.37. The minimum Gasteiger partial charge on any atom is -0.321 e. The van der Waals surface area contributed by atoms with E-state index >= 15 is 0 Å². The first-order chi connectivity index (χ1) is 10.5. The molecule has 1 aromatic carbocycles. The van der Waals surface area contributed by atoms with Crippen LogP contribution in [0.25, 0.3) is 10.9 Å². The van der Waals surface area contributed by atoms with E-state index in [9.17, 15) is 8.42 Å². The van der Waals surface area contributed by atoms with Gasteiger partial charge in [0.25, 0.3) is 10.0 Å². The number of hydrogen-bond donors (Lipinski definition) is 1. The van der Waals surface area contributed by atoms with Crippen molar-refractivity contribution in [3.05, 3.63) is 48.4 Å². The van der Waals surface area contributed by atoms with Crippen molar-refractivity contribution < 1.29 is 8.42 Å². The summed E-state index contributed by atoms with van der Waals surface area (Å²) in [6.45, 7) is 4.36. The normalized spacial score (nSPS) is 11.7. The Bertz CT molecular complexity index is 932. The van der Waals surface area contributed by atoms with Gasteiger partial charge in [-0.05, 0) is 31.5 Å². The zero-order chi connectivity index (χ0) is 15.7. The van der Waals surface area contributed by atoms with Crippen molar-refractivity contribution in [2.24, 2.45) is 0 Å². The quantitative estimate of drug-likeness (QED) is 0.802. The van der Waals surface area contributed by atoms with E-state index in [1.54, 1.807) is 29.1 Å². The van der Waals surface area contributed by atoms with E-state index in [2.05, 4.69) is 14.7 Å². The average molecular weight is 316 g/mol. The number of imidazole rings is 1. The van der Waals surface area contributed by atoms with Crippen LogP contribution in [0.1, 0.15) is 12.5 Å². The molecule has 0 fully saturated rings. The Morgan fingerprint density at radius 1 is 1.18 bits per heavy atom. The molecule has 0 aliphatic rings. The lowest BCUT2D eigenvalue weighted by Crippen LogP contribution is -2.18. The molecule has 0 amide bonds. The Balaban J connectivity index is 2.09. The zero-order valence-corrected chi connectivity index (χ0v) is 13.1. The van der Waals surface area contributed by atoms with Crippen LogP contribution in [0.15, 0.2) is 48.0 Å². The van der Waals surface area contributed by atoms with E-state index in [-0.39, 0.29) is 5.16 Å². The van der Waals surface area contributed by atoms with Crippen LogP contribution in [-0.4, -0.2) is 23.0 Å². The van der Waals surface area contributed by atoms with Gasteiger partial charge in [0.05, 0.1) is 11.2 Å². The third-order valence-corrected chi connectivity index (χ3v) is 4.80. The second-order valence-electron chi connectivity index (χ2n) is 4.93. The predicted octanol–water partition coefficient (Wildman–Crippen LogP) is 2.56. The maximum Gasteiger partial charge on any atom is 0.295 e. The molecule has 0 radical (unpaired) electrons. The number of aryl methyl sites for hydroxylation is 2. The lowest BCUT2D eigenvalue weighted by Gasteiger charge is -2.11. The van der Waals surface area contributed by atoms with Gasteiger partial charge in [0.1, 0.15) is 0 Å². The first-order valence-electron chi connectivity index (χ1n) is 6.91. The largest absolute Gasteiger partial charge is 0.321 e. The lowest BCUT2D eigenvalue weighted by atomic mass is 10.1. The maximum absolute atomic E-state index is 12.5. The third-order valence-electron chi connectivity index (χ3n) is 3.49. The van der Waals surface area contributed by atoms with Gasteiger partial charge in [-0.25, -0.2) is 4.98 Å². The lowest BCUT2D eigenvalue weighted by molar-refractivity contribution is 0.574. The number of hydrogen-bond acceptors (Lipinski definition) is 4. The smallest absolute Gasteiger partial charge is 0.295 e. The second kappa shape index (κ2) is 5.42. The van der Waals surface area contributed by atoms with Crippen molar-refractivity contribution in [3.8, 4) is 0 Å². The van der Waals surface area contributed by atoms with Gasteiger partial charge in [0, 0.05) is 30.5 Å². The van der Waals surface area contributed by atoms with Crippen molar-refractivity contribution in [1.29, 1.82) is 0 Å². The van der Waals surface area contributed by atoms with Crippen molar-refractivity contribution in [3.63, 3.8) is 0 Å². The molecule has 0 aliphatic heterocycles. The van der Waals surface area contributed by atoms with E-state index in [1.807, 2.05) is 26.0 Å². The van der Waals surface area contributed by atoms with Crippen LogP contribution in [0.5, 0.6) is 0 Å². The van der Waals surface area contributed by atoms with Crippen LogP contribution in [0, 0.1) is 6.92 Å². The summed E-state index contributed by atoms with van der Waals surface area (Å²) in [4.78, 5) is 8.24. The highest BCUT2D eigenvalue weighted by molar-refractivity contribution is 7.92. The van der Waals surface area contributed by atoms with Crippen molar-refractivity contribution in [2.75, 3.05) is 4.72 Å². The summed E-state index contributed by atoms with van der Waals surface area (Å²) in [6.07, 6.45) is 4.78. The first kappa shape index (κ1) is 14.5. The number of anilines is 1. The first-order valence-corrected chi connectivity index (χ1v) is 8.39. The molecule has 2 heterocycles. The summed E-state index contributed by atoms with van der Waals surface area (Å²) in [5.41, 5.74) is 2.12. The average Bonchev–Trinajstić information content (AvgIpc) is 2.97. The molecule has 7 heteroatoms. The van der Waals surface area contributed by atoms with Gasteiger partial charge in [0.15, 0.2) is 0 Å². The predicted molar refractivity (Wildman–Crippen MR) is 85.2 cm³/mol. The number of aromatic nitrogens is 3. The summed E-state index contributed by atoms with van der Waals surface area (Å²) in [5, 5.41) is 0.918. The maximum atomic E-state index is 12.5. The molecule has 0 saturated carbocycles. The van der Waals surface area contributed by atoms with Crippen LogP contribution in [0.2, 0.25) is 0 Å². The molecular formula is C15H16N4O2S. The van der Waals surface area contributed by atoms with Crippen molar-refractivity contribution in [2.45, 2.75) is 25.5 Å². The van der Waals surface area contributed by atoms with E-state index in [0.29, 0.717) is 17.7 Å². The number of pyridine rings is 1. The molecule has 2 aromatic heterocycles. The summed E-state index contributed by atoms with van der Waals surface area (Å²) in [7, 11) is -3.76. The Morgan fingerprint density at radius 2 is 2.00 bits per heavy atom. The number of rotatable bonds is 4. The number of nitrogens with one attached hydrogen (secondary N) is 1. The summed E-state index contributed by atoms with van der Waals surface area (Å²) < 4.78 is 29.3. The van der Waals surface area contributed by atoms with Crippen molar-refractivity contribution >= 4 is 26.6 Å². The molecule has 0 aliphatic carbocycles. The summed E-state index contributed by atoms with van der Waals surface area (Å²) >= 11 is 0. The summed E-state index contributed by atoms with van der Waals surface area (Å²) in [6, 6.07) is 7.32. The fourth-order valence-corrected chi connectivity index (χ4v) is 3.61. The van der Waals surface area contributed by atoms with Gasteiger partial charge in [-0.2, -0.15) is 8.42 Å². The molecule has 3 rings (SSSR count). The fraction of sp³-hybridized carbons (Fsp3) is 0.200. The van der Waals surface area contributed by atoms with Crippen LogP contribution >= 0.6 is 0 Å². The standard InChI is InChI=1S/C15H16N4O2S/c1-3-19-10-9-17-15(19)22(20,21)18-13-6-4-5-12-11(2)7-8-16-14(12)13/h4-10,18H,3H2,1-2H3. The Hall–Kier alpha value is -2.41. The monoisotopic (exact) mass is 316 g/mol. The molecule has 1 N–H and O–H groups in total. The Labute approximate surface area is 128 Å². The number of nitrogens with zero attached hydrogens (tertiary/aromatic N) is 3. The second-order valence-corrected chi connectivity index (χ2v) is 6.51. The van der Waals surface area contributed by atoms with Gasteiger partial charge < -0.3 is 4.57 Å². The highest BCUT2D eigenvalue weighted by Crippen LogP contribution is 2.25. The number of benzene rings is 1. The molecule has 114 valence electrons. The molecule has 0 atom stereocenters. The molecule has 3 aromatic rings. The van der Waals surface area contributed by atoms with E-state index in [0.717, 1.165) is 10.9 Å². The zero-order valence-electron chi connectivity index (χ0n) is 12.3. The Kier molecular flexibility index (Phi) is 3.58. The van der Waals surface area contributed by atoms with E-state index in [1.165, 1.54) is 6.20 Å². The Morgan fingerprint density at radius 3 is 2.77 bits per heavy atom. The summed E-state index contributed by atoms with van der Waals surface area (Å²) in [5.74, 6) is 0. The van der Waals surface area contributed by atoms with E-state index in [4.69, 9.17) is 0 Å². The topological polar surface area (TPSA) is 76.9 Å². The molecule has 0 unspecified atom stereocenters. The van der Waals surface area contributed by atoms with Crippen LogP contribution in [-0.2, 0) is 16.6 Å². The van der Waals surface area contributed by atoms with Crippen molar-refractivity contribution in [1.82, 2.24) is 14.5 Å². The number of fused-ring (bicyclic) bond motifs is 1. The minimum absolute atomic E-state index is 0.000318. The molecule has 0 spiro atoms. The molecule has 0 bridgehead atoms. The molecule has 6 nitrogen and oxygen atoms in total. The van der Waals surface area contributed by atoms with Gasteiger partial charge >= 0.3 is 0 Å². The van der Waals surface area contributed by atoms with Crippen LogP contribution in [0.4, 0.5) is 5.69 Å². The van der Waals surface area contributed by atoms with Gasteiger partial charge in [-0.3, -0.25) is 9.71 Å². The van der Waals surface area contributed by atoms with Crippen LogP contribution in [0.3, 0.4) is 0 Å². The van der Waals surface area contributed by atoms with E-state index < -0.39 is 10.0 Å². The third kappa shape index (κ3) is 2.43.